The molecule has 0 saturated heterocycles. The van der Waals surface area contributed by atoms with Crippen LogP contribution >= 0.6 is 22.7 Å². The van der Waals surface area contributed by atoms with Crippen LogP contribution in [0.15, 0.2) is 47.8 Å². The van der Waals surface area contributed by atoms with Crippen LogP contribution in [0.3, 0.4) is 0 Å². The number of ether oxygens (including phenoxy) is 2. The third kappa shape index (κ3) is 4.12. The summed E-state index contributed by atoms with van der Waals surface area (Å²) in [5.41, 5.74) is 0.452. The Bertz CT molecular complexity index is 893. The van der Waals surface area contributed by atoms with Gasteiger partial charge in [0.1, 0.15) is 11.5 Å². The second kappa shape index (κ2) is 8.16. The molecule has 0 radical (unpaired) electrons. The Hall–Kier alpha value is -2.64. The minimum Gasteiger partial charge on any atom is -0.497 e. The highest BCUT2D eigenvalue weighted by Crippen LogP contribution is 2.24. The molecule has 0 aliphatic rings. The van der Waals surface area contributed by atoms with Crippen LogP contribution in [-0.4, -0.2) is 25.9 Å². The Morgan fingerprint density at radius 2 is 1.73 bits per heavy atom. The highest BCUT2D eigenvalue weighted by molar-refractivity contribution is 7.16. The molecule has 0 aliphatic carbocycles. The summed E-state index contributed by atoms with van der Waals surface area (Å²) in [7, 11) is 3.07. The number of amides is 1. The zero-order valence-corrected chi connectivity index (χ0v) is 15.9. The fourth-order valence-electron chi connectivity index (χ4n) is 2.33. The van der Waals surface area contributed by atoms with E-state index in [0.717, 1.165) is 4.88 Å². The van der Waals surface area contributed by atoms with Crippen molar-refractivity contribution < 1.29 is 19.1 Å². The van der Waals surface area contributed by atoms with Gasteiger partial charge in [-0.25, -0.2) is 0 Å². The van der Waals surface area contributed by atoms with Crippen molar-refractivity contribution in [1.29, 1.82) is 0 Å². The molecule has 0 saturated carbocycles. The molecule has 1 amide bonds. The number of rotatable bonds is 7. The second-order valence-corrected chi connectivity index (χ2v) is 7.47. The lowest BCUT2D eigenvalue weighted by molar-refractivity contribution is 0.0950. The van der Waals surface area contributed by atoms with Gasteiger partial charge in [-0.15, -0.1) is 22.7 Å². The summed E-state index contributed by atoms with van der Waals surface area (Å²) in [5, 5.41) is 4.74. The van der Waals surface area contributed by atoms with E-state index in [2.05, 4.69) is 5.32 Å². The Morgan fingerprint density at radius 3 is 2.35 bits per heavy atom. The molecule has 2 aromatic heterocycles. The summed E-state index contributed by atoms with van der Waals surface area (Å²) in [6.07, 6.45) is 0. The topological polar surface area (TPSA) is 64.6 Å². The molecule has 1 N–H and O–H groups in total. The molecule has 1 aromatic carbocycles. The average molecular weight is 387 g/mol. The van der Waals surface area contributed by atoms with Gasteiger partial charge in [-0.05, 0) is 35.7 Å². The van der Waals surface area contributed by atoms with E-state index >= 15 is 0 Å². The molecule has 0 fully saturated rings. The van der Waals surface area contributed by atoms with E-state index in [9.17, 15) is 9.59 Å². The maximum Gasteiger partial charge on any atom is 0.251 e. The lowest BCUT2D eigenvalue weighted by Crippen LogP contribution is -2.22. The van der Waals surface area contributed by atoms with Gasteiger partial charge in [0.15, 0.2) is 0 Å². The van der Waals surface area contributed by atoms with Crippen LogP contribution in [0.4, 0.5) is 0 Å². The number of thiophene rings is 2. The van der Waals surface area contributed by atoms with Crippen LogP contribution in [0, 0.1) is 0 Å². The normalized spacial score (nSPS) is 10.4. The summed E-state index contributed by atoms with van der Waals surface area (Å²) in [5.74, 6) is 0.880. The van der Waals surface area contributed by atoms with Crippen LogP contribution in [-0.2, 0) is 6.54 Å². The van der Waals surface area contributed by atoms with E-state index in [1.807, 2.05) is 23.6 Å². The van der Waals surface area contributed by atoms with Crippen molar-refractivity contribution in [3.05, 3.63) is 68.0 Å². The predicted octanol–water partition coefficient (Wildman–Crippen LogP) is 3.99. The van der Waals surface area contributed by atoms with Crippen molar-refractivity contribution in [2.45, 2.75) is 6.54 Å². The van der Waals surface area contributed by atoms with Crippen LogP contribution in [0.1, 0.15) is 29.8 Å². The molecule has 0 spiro atoms. The van der Waals surface area contributed by atoms with Crippen LogP contribution in [0.25, 0.3) is 0 Å². The number of carbonyl (C=O) groups excluding carboxylic acids is 2. The molecule has 7 heteroatoms. The SMILES string of the molecule is COc1cc(OC)cc(C(=O)NCc2ccc(C(=O)c3cccs3)s2)c1. The maximum absolute atomic E-state index is 12.4. The molecule has 3 aromatic rings. The Labute approximate surface area is 159 Å². The molecule has 5 nitrogen and oxygen atoms in total. The maximum atomic E-state index is 12.4. The van der Waals surface area contributed by atoms with Gasteiger partial charge in [0.25, 0.3) is 5.91 Å². The number of methoxy groups -OCH3 is 2. The second-order valence-electron chi connectivity index (χ2n) is 5.36. The van der Waals surface area contributed by atoms with Gasteiger partial charge in [-0.2, -0.15) is 0 Å². The number of carbonyl (C=O) groups is 2. The molecule has 134 valence electrons. The summed E-state index contributed by atoms with van der Waals surface area (Å²) in [4.78, 5) is 27.0. The highest BCUT2D eigenvalue weighted by Gasteiger charge is 2.14. The molecular formula is C19H17NO4S2. The van der Waals surface area contributed by atoms with Gasteiger partial charge in [-0.1, -0.05) is 6.07 Å². The molecule has 0 atom stereocenters. The number of nitrogens with one attached hydrogen (secondary N) is 1. The standard InChI is InChI=1S/C19H17NO4S2/c1-23-13-8-12(9-14(10-13)24-2)19(22)20-11-15-5-6-17(26-15)18(21)16-4-3-7-25-16/h3-10H,11H2,1-2H3,(H,20,22). The average Bonchev–Trinajstić information content (AvgIpc) is 3.37. The summed E-state index contributed by atoms with van der Waals surface area (Å²) < 4.78 is 10.4. The van der Waals surface area contributed by atoms with Crippen LogP contribution in [0.2, 0.25) is 0 Å². The number of hydrogen-bond donors (Lipinski definition) is 1. The Morgan fingerprint density at radius 1 is 1.00 bits per heavy atom. The first-order valence-electron chi connectivity index (χ1n) is 7.79. The summed E-state index contributed by atoms with van der Waals surface area (Å²) >= 11 is 2.81. The molecule has 0 aliphatic heterocycles. The number of benzene rings is 1. The molecule has 0 unspecified atom stereocenters. The van der Waals surface area contributed by atoms with Crippen molar-refractivity contribution >= 4 is 34.4 Å². The zero-order chi connectivity index (χ0) is 18.5. The van der Waals surface area contributed by atoms with Gasteiger partial charge < -0.3 is 14.8 Å². The summed E-state index contributed by atoms with van der Waals surface area (Å²) in [6, 6.07) is 12.3. The molecular weight excluding hydrogens is 370 g/mol. The van der Waals surface area contributed by atoms with Gasteiger partial charge >= 0.3 is 0 Å². The lowest BCUT2D eigenvalue weighted by atomic mass is 10.2. The van der Waals surface area contributed by atoms with Gasteiger partial charge in [0, 0.05) is 16.5 Å². The minimum atomic E-state index is -0.235. The first kappa shape index (κ1) is 18.2. The Balaban J connectivity index is 1.66. The zero-order valence-electron chi connectivity index (χ0n) is 14.3. The van der Waals surface area contributed by atoms with E-state index in [-0.39, 0.29) is 11.7 Å². The fraction of sp³-hybridized carbons (Fsp3) is 0.158. The van der Waals surface area contributed by atoms with Gasteiger partial charge in [0.2, 0.25) is 5.78 Å². The van der Waals surface area contributed by atoms with E-state index in [1.165, 1.54) is 36.9 Å². The lowest BCUT2D eigenvalue weighted by Gasteiger charge is -2.08. The van der Waals surface area contributed by atoms with Crippen molar-refractivity contribution in [3.63, 3.8) is 0 Å². The van der Waals surface area contributed by atoms with Crippen molar-refractivity contribution in [1.82, 2.24) is 5.32 Å². The summed E-state index contributed by atoms with van der Waals surface area (Å²) in [6.45, 7) is 0.348. The predicted molar refractivity (Wildman–Crippen MR) is 103 cm³/mol. The smallest absolute Gasteiger partial charge is 0.251 e. The third-order valence-electron chi connectivity index (χ3n) is 3.67. The van der Waals surface area contributed by atoms with E-state index in [1.54, 1.807) is 24.3 Å². The highest BCUT2D eigenvalue weighted by atomic mass is 32.1. The Kier molecular flexibility index (Phi) is 5.70. The third-order valence-corrected chi connectivity index (χ3v) is 5.62. The molecule has 3 rings (SSSR count). The molecule has 2 heterocycles. The van der Waals surface area contributed by atoms with Crippen molar-refractivity contribution in [2.75, 3.05) is 14.2 Å². The van der Waals surface area contributed by atoms with E-state index in [4.69, 9.17) is 9.47 Å². The van der Waals surface area contributed by atoms with E-state index < -0.39 is 0 Å². The number of ketones is 1. The monoisotopic (exact) mass is 387 g/mol. The fourth-order valence-corrected chi connectivity index (χ4v) is 3.98. The largest absolute Gasteiger partial charge is 0.497 e. The molecule has 26 heavy (non-hydrogen) atoms. The van der Waals surface area contributed by atoms with Gasteiger partial charge in [-0.3, -0.25) is 9.59 Å². The van der Waals surface area contributed by atoms with Crippen LogP contribution in [0.5, 0.6) is 11.5 Å². The number of hydrogen-bond acceptors (Lipinski definition) is 6. The van der Waals surface area contributed by atoms with Crippen molar-refractivity contribution in [2.24, 2.45) is 0 Å². The first-order valence-corrected chi connectivity index (χ1v) is 9.48. The van der Waals surface area contributed by atoms with Crippen molar-refractivity contribution in [3.8, 4) is 11.5 Å². The first-order chi connectivity index (χ1) is 12.6. The van der Waals surface area contributed by atoms with Gasteiger partial charge in [0.05, 0.1) is 30.5 Å². The van der Waals surface area contributed by atoms with Crippen LogP contribution < -0.4 is 14.8 Å². The molecule has 0 bridgehead atoms. The van der Waals surface area contributed by atoms with E-state index in [0.29, 0.717) is 33.4 Å². The quantitative estimate of drug-likeness (QED) is 0.623. The minimum absolute atomic E-state index is 0.0140.